The van der Waals surface area contributed by atoms with E-state index < -0.39 is 0 Å². The van der Waals surface area contributed by atoms with E-state index in [1.54, 1.807) is 0 Å². The first-order chi connectivity index (χ1) is 3.83. The van der Waals surface area contributed by atoms with Crippen LogP contribution in [0, 0.1) is 17.2 Å². The van der Waals surface area contributed by atoms with Crippen molar-refractivity contribution in [3.05, 3.63) is 0 Å². The Balaban J connectivity index is 0.000000640. The minimum Gasteiger partial charge on any atom is -0.305 e. The zero-order valence-corrected chi connectivity index (χ0v) is 5.67. The first kappa shape index (κ1) is 8.51. The lowest BCUT2D eigenvalue weighted by Crippen LogP contribution is -2.13. The Morgan fingerprint density at radius 2 is 2.33 bits per heavy atom. The van der Waals surface area contributed by atoms with Gasteiger partial charge in [0.1, 0.15) is 0 Å². The maximum absolute atomic E-state index is 8.41. The first-order valence-corrected chi connectivity index (χ1v) is 2.91. The lowest BCUT2D eigenvalue weighted by atomic mass is 10.1. The molecule has 3 radical (unpaired) electrons. The van der Waals surface area contributed by atoms with Gasteiger partial charge in [0.25, 0.3) is 0 Å². The van der Waals surface area contributed by atoms with Crippen molar-refractivity contribution in [3.63, 3.8) is 0 Å². The van der Waals surface area contributed by atoms with E-state index in [0.717, 1.165) is 19.5 Å². The van der Waals surface area contributed by atoms with E-state index in [1.165, 1.54) is 0 Å². The molecule has 0 saturated carbocycles. The summed E-state index contributed by atoms with van der Waals surface area (Å²) in [5, 5.41) is 8.41. The van der Waals surface area contributed by atoms with Crippen molar-refractivity contribution in [1.29, 1.82) is 5.26 Å². The second-order valence-corrected chi connectivity index (χ2v) is 2.38. The van der Waals surface area contributed by atoms with Gasteiger partial charge in [-0.1, -0.05) is 0 Å². The molecular formula is C6H10BN2. The van der Waals surface area contributed by atoms with Crippen LogP contribution >= 0.6 is 0 Å². The summed E-state index contributed by atoms with van der Waals surface area (Å²) in [6.45, 7) is 2.06. The minimum absolute atomic E-state index is 0. The Labute approximate surface area is 58.0 Å². The maximum Gasteiger partial charge on any atom is 0.0669 e. The molecule has 3 heteroatoms. The van der Waals surface area contributed by atoms with E-state index in [4.69, 9.17) is 5.26 Å². The molecule has 2 nitrogen and oxygen atoms in total. The van der Waals surface area contributed by atoms with E-state index >= 15 is 0 Å². The molecule has 47 valence electrons. The van der Waals surface area contributed by atoms with Gasteiger partial charge in [-0.2, -0.15) is 5.26 Å². The van der Waals surface area contributed by atoms with Gasteiger partial charge in [-0.3, -0.25) is 0 Å². The molecular weight excluding hydrogens is 111 g/mol. The highest BCUT2D eigenvalue weighted by atomic mass is 15.1. The van der Waals surface area contributed by atoms with Crippen molar-refractivity contribution in [1.82, 2.24) is 4.90 Å². The number of nitriles is 1. The van der Waals surface area contributed by atoms with E-state index in [2.05, 4.69) is 18.0 Å². The number of nitrogens with zero attached hydrogens (tertiary/aromatic N) is 2. The summed E-state index contributed by atoms with van der Waals surface area (Å²) in [4.78, 5) is 2.19. The van der Waals surface area contributed by atoms with Crippen molar-refractivity contribution >= 4 is 8.41 Å². The number of hydrogen-bond acceptors (Lipinski definition) is 2. The van der Waals surface area contributed by atoms with Crippen molar-refractivity contribution < 1.29 is 0 Å². The second-order valence-electron chi connectivity index (χ2n) is 2.38. The first-order valence-electron chi connectivity index (χ1n) is 2.91. The van der Waals surface area contributed by atoms with Gasteiger partial charge in [0.15, 0.2) is 0 Å². The molecule has 1 atom stereocenters. The third-order valence-corrected chi connectivity index (χ3v) is 1.57. The summed E-state index contributed by atoms with van der Waals surface area (Å²) in [6.07, 6.45) is 1.06. The van der Waals surface area contributed by atoms with Crippen LogP contribution in [0.4, 0.5) is 0 Å². The van der Waals surface area contributed by atoms with Gasteiger partial charge in [-0.15, -0.1) is 0 Å². The predicted octanol–water partition coefficient (Wildman–Crippen LogP) is 0.0809. The Morgan fingerprint density at radius 1 is 1.67 bits per heavy atom. The Bertz CT molecular complexity index is 119. The van der Waals surface area contributed by atoms with Crippen LogP contribution in [0.1, 0.15) is 6.42 Å². The summed E-state index contributed by atoms with van der Waals surface area (Å²) >= 11 is 0. The molecule has 1 unspecified atom stereocenters. The lowest BCUT2D eigenvalue weighted by molar-refractivity contribution is 0.409. The Kier molecular flexibility index (Phi) is 3.33. The van der Waals surface area contributed by atoms with Crippen LogP contribution in [-0.2, 0) is 0 Å². The largest absolute Gasteiger partial charge is 0.305 e. The average molecular weight is 121 g/mol. The van der Waals surface area contributed by atoms with Crippen LogP contribution in [0.25, 0.3) is 0 Å². The summed E-state index contributed by atoms with van der Waals surface area (Å²) in [6, 6.07) is 2.25. The van der Waals surface area contributed by atoms with Crippen LogP contribution in [-0.4, -0.2) is 33.5 Å². The zero-order chi connectivity index (χ0) is 5.98. The third-order valence-electron chi connectivity index (χ3n) is 1.57. The van der Waals surface area contributed by atoms with E-state index in [-0.39, 0.29) is 8.41 Å². The molecule has 0 N–H and O–H groups in total. The van der Waals surface area contributed by atoms with Gasteiger partial charge in [-0.25, -0.2) is 0 Å². The van der Waals surface area contributed by atoms with Crippen molar-refractivity contribution in [2.75, 3.05) is 20.1 Å². The molecule has 1 fully saturated rings. The fraction of sp³-hybridized carbons (Fsp3) is 0.833. The molecule has 1 aliphatic heterocycles. The number of likely N-dealkylation sites (tertiary alicyclic amines) is 1. The van der Waals surface area contributed by atoms with Crippen LogP contribution in [0.3, 0.4) is 0 Å². The minimum atomic E-state index is 0. The monoisotopic (exact) mass is 121 g/mol. The fourth-order valence-electron chi connectivity index (χ4n) is 1.04. The fourth-order valence-corrected chi connectivity index (χ4v) is 1.04. The Morgan fingerprint density at radius 3 is 2.56 bits per heavy atom. The van der Waals surface area contributed by atoms with Crippen LogP contribution < -0.4 is 0 Å². The van der Waals surface area contributed by atoms with Gasteiger partial charge in [0.2, 0.25) is 0 Å². The summed E-state index contributed by atoms with van der Waals surface area (Å²) in [5.41, 5.74) is 0. The molecule has 0 aromatic rings. The SMILES string of the molecule is CN1CCC(C#N)C1.[B]. The maximum atomic E-state index is 8.41. The topological polar surface area (TPSA) is 27.0 Å². The van der Waals surface area contributed by atoms with Crippen LogP contribution in [0.15, 0.2) is 0 Å². The molecule has 0 aromatic heterocycles. The van der Waals surface area contributed by atoms with Gasteiger partial charge in [0, 0.05) is 15.0 Å². The van der Waals surface area contributed by atoms with Crippen molar-refractivity contribution in [2.45, 2.75) is 6.42 Å². The zero-order valence-electron chi connectivity index (χ0n) is 5.67. The predicted molar refractivity (Wildman–Crippen MR) is 37.0 cm³/mol. The highest BCUT2D eigenvalue weighted by Gasteiger charge is 2.17. The molecule has 0 aliphatic carbocycles. The van der Waals surface area contributed by atoms with Crippen LogP contribution in [0.5, 0.6) is 0 Å². The highest BCUT2D eigenvalue weighted by Crippen LogP contribution is 2.11. The summed E-state index contributed by atoms with van der Waals surface area (Å²) in [7, 11) is 2.05. The van der Waals surface area contributed by atoms with E-state index in [1.807, 2.05) is 0 Å². The summed E-state index contributed by atoms with van der Waals surface area (Å²) in [5.74, 6) is 0.306. The highest BCUT2D eigenvalue weighted by molar-refractivity contribution is 5.75. The lowest BCUT2D eigenvalue weighted by Gasteiger charge is -2.02. The summed E-state index contributed by atoms with van der Waals surface area (Å²) < 4.78 is 0. The van der Waals surface area contributed by atoms with Gasteiger partial charge < -0.3 is 4.90 Å². The molecule has 1 aliphatic rings. The molecule has 0 spiro atoms. The van der Waals surface area contributed by atoms with Crippen molar-refractivity contribution in [2.24, 2.45) is 5.92 Å². The smallest absolute Gasteiger partial charge is 0.0669 e. The average Bonchev–Trinajstić information content (AvgIpc) is 2.14. The quantitative estimate of drug-likeness (QED) is 0.424. The molecule has 9 heavy (non-hydrogen) atoms. The molecule has 0 amide bonds. The number of hydrogen-bond donors (Lipinski definition) is 0. The van der Waals surface area contributed by atoms with E-state index in [9.17, 15) is 0 Å². The normalized spacial score (nSPS) is 26.9. The van der Waals surface area contributed by atoms with Gasteiger partial charge in [0.05, 0.1) is 12.0 Å². The second kappa shape index (κ2) is 3.52. The van der Waals surface area contributed by atoms with Crippen molar-refractivity contribution in [3.8, 4) is 6.07 Å². The molecule has 1 heterocycles. The molecule has 0 bridgehead atoms. The molecule has 1 saturated heterocycles. The van der Waals surface area contributed by atoms with E-state index in [0.29, 0.717) is 5.92 Å². The standard InChI is InChI=1S/C6H10N2.B/c1-8-3-2-6(4-7)5-8;/h6H,2-3,5H2,1H3;. The number of rotatable bonds is 0. The van der Waals surface area contributed by atoms with Gasteiger partial charge >= 0.3 is 0 Å². The molecule has 0 aromatic carbocycles. The van der Waals surface area contributed by atoms with Gasteiger partial charge in [-0.05, 0) is 20.0 Å². The third kappa shape index (κ3) is 2.07. The van der Waals surface area contributed by atoms with Crippen LogP contribution in [0.2, 0.25) is 0 Å². The molecule has 1 rings (SSSR count). The Hall–Kier alpha value is -0.485.